The molecule has 0 atom stereocenters. The van der Waals surface area contributed by atoms with Crippen molar-refractivity contribution in [1.82, 2.24) is 5.06 Å². The summed E-state index contributed by atoms with van der Waals surface area (Å²) in [5.74, 6) is -1.89. The number of carbonyl (C=O) groups excluding carboxylic acids is 2. The fourth-order valence-corrected chi connectivity index (χ4v) is 1.06. The summed E-state index contributed by atoms with van der Waals surface area (Å²) in [6.45, 7) is 1.60. The van der Waals surface area contributed by atoms with Crippen molar-refractivity contribution in [2.75, 3.05) is 7.05 Å². The molecule has 0 aromatic heterocycles. The molecule has 0 aliphatic rings. The highest BCUT2D eigenvalue weighted by molar-refractivity contribution is 5.94. The Morgan fingerprint density at radius 1 is 1.38 bits per heavy atom. The Morgan fingerprint density at radius 3 is 2.56 bits per heavy atom. The minimum absolute atomic E-state index is 0.131. The van der Waals surface area contributed by atoms with Crippen molar-refractivity contribution in [1.29, 1.82) is 0 Å². The molecule has 0 saturated heterocycles. The van der Waals surface area contributed by atoms with Crippen molar-refractivity contribution in [3.8, 4) is 0 Å². The Labute approximate surface area is 92.6 Å². The molecule has 1 amide bonds. The fourth-order valence-electron chi connectivity index (χ4n) is 1.06. The molecule has 0 N–H and O–H groups in total. The van der Waals surface area contributed by atoms with E-state index in [2.05, 4.69) is 4.84 Å². The second-order valence-electron chi connectivity index (χ2n) is 3.10. The zero-order valence-electron chi connectivity index (χ0n) is 9.07. The van der Waals surface area contributed by atoms with Crippen molar-refractivity contribution in [3.63, 3.8) is 0 Å². The van der Waals surface area contributed by atoms with Crippen molar-refractivity contribution in [2.24, 2.45) is 0 Å². The molecular weight excluding hydrogens is 213 g/mol. The summed E-state index contributed by atoms with van der Waals surface area (Å²) >= 11 is 0. The summed E-state index contributed by atoms with van der Waals surface area (Å²) in [6, 6.07) is 5.51. The van der Waals surface area contributed by atoms with Crippen LogP contribution >= 0.6 is 0 Å². The van der Waals surface area contributed by atoms with E-state index in [1.807, 2.05) is 0 Å². The van der Waals surface area contributed by atoms with Gasteiger partial charge >= 0.3 is 5.97 Å². The van der Waals surface area contributed by atoms with Gasteiger partial charge < -0.3 is 4.84 Å². The van der Waals surface area contributed by atoms with Gasteiger partial charge in [-0.25, -0.2) is 9.18 Å². The van der Waals surface area contributed by atoms with Gasteiger partial charge in [-0.3, -0.25) is 4.79 Å². The first-order chi connectivity index (χ1) is 7.56. The lowest BCUT2D eigenvalue weighted by atomic mass is 10.2. The molecule has 86 valence electrons. The molecule has 4 nitrogen and oxygen atoms in total. The highest BCUT2D eigenvalue weighted by Gasteiger charge is 2.18. The van der Waals surface area contributed by atoms with E-state index < -0.39 is 17.7 Å². The van der Waals surface area contributed by atoms with Crippen LogP contribution in [0.5, 0.6) is 0 Å². The predicted molar refractivity (Wildman–Crippen MR) is 54.9 cm³/mol. The number of rotatable bonds is 2. The number of hydroxylamine groups is 2. The number of halogens is 1. The minimum atomic E-state index is -0.695. The van der Waals surface area contributed by atoms with Gasteiger partial charge in [0.05, 0.1) is 5.56 Å². The van der Waals surface area contributed by atoms with Crippen LogP contribution in [0.15, 0.2) is 24.3 Å². The molecule has 0 spiro atoms. The third kappa shape index (κ3) is 2.79. The quantitative estimate of drug-likeness (QED) is 0.720. The summed E-state index contributed by atoms with van der Waals surface area (Å²) in [6.07, 6.45) is 0.148. The number of carbonyl (C=O) groups is 2. The van der Waals surface area contributed by atoms with E-state index >= 15 is 0 Å². The number of benzene rings is 1. The molecule has 0 radical (unpaired) electrons. The van der Waals surface area contributed by atoms with Crippen molar-refractivity contribution >= 4 is 11.9 Å². The number of amides is 1. The summed E-state index contributed by atoms with van der Waals surface area (Å²) in [5.41, 5.74) is -0.131. The smallest absolute Gasteiger partial charge is 0.332 e. The maximum atomic E-state index is 13.2. The van der Waals surface area contributed by atoms with Gasteiger partial charge in [0.15, 0.2) is 0 Å². The molecule has 0 saturated carbocycles. The largest absolute Gasteiger partial charge is 0.338 e. The molecular formula is C11H12FNO3. The first kappa shape index (κ1) is 12.2. The van der Waals surface area contributed by atoms with Gasteiger partial charge in [0.2, 0.25) is 0 Å². The Morgan fingerprint density at radius 2 is 2.00 bits per heavy atom. The van der Waals surface area contributed by atoms with Crippen LogP contribution in [-0.4, -0.2) is 24.0 Å². The molecule has 0 unspecified atom stereocenters. The molecule has 5 heteroatoms. The molecule has 16 heavy (non-hydrogen) atoms. The maximum absolute atomic E-state index is 13.2. The summed E-state index contributed by atoms with van der Waals surface area (Å²) < 4.78 is 13.2. The number of nitrogens with zero attached hydrogens (tertiary/aromatic N) is 1. The SMILES string of the molecule is CCC(=O)ON(C)C(=O)c1ccccc1F. The van der Waals surface area contributed by atoms with Crippen LogP contribution < -0.4 is 0 Å². The van der Waals surface area contributed by atoms with E-state index in [0.717, 1.165) is 5.06 Å². The fraction of sp³-hybridized carbons (Fsp3) is 0.273. The summed E-state index contributed by atoms with van der Waals surface area (Å²) in [7, 11) is 1.27. The molecule has 0 fully saturated rings. The zero-order valence-corrected chi connectivity index (χ0v) is 9.07. The second kappa shape index (κ2) is 5.25. The van der Waals surface area contributed by atoms with Crippen LogP contribution in [0.2, 0.25) is 0 Å². The Balaban J connectivity index is 2.79. The first-order valence-corrected chi connectivity index (χ1v) is 4.79. The lowest BCUT2D eigenvalue weighted by Crippen LogP contribution is -2.30. The van der Waals surface area contributed by atoms with Gasteiger partial charge in [-0.15, -0.1) is 0 Å². The Bertz CT molecular complexity index is 406. The highest BCUT2D eigenvalue weighted by atomic mass is 19.1. The highest BCUT2D eigenvalue weighted by Crippen LogP contribution is 2.09. The van der Waals surface area contributed by atoms with E-state index in [1.165, 1.54) is 31.3 Å². The zero-order chi connectivity index (χ0) is 12.1. The van der Waals surface area contributed by atoms with Crippen LogP contribution in [-0.2, 0) is 9.63 Å². The van der Waals surface area contributed by atoms with Crippen LogP contribution in [0.25, 0.3) is 0 Å². The van der Waals surface area contributed by atoms with E-state index in [-0.39, 0.29) is 12.0 Å². The maximum Gasteiger partial charge on any atom is 0.332 e. The van der Waals surface area contributed by atoms with Crippen molar-refractivity contribution in [2.45, 2.75) is 13.3 Å². The second-order valence-corrected chi connectivity index (χ2v) is 3.10. The van der Waals surface area contributed by atoms with Gasteiger partial charge in [0, 0.05) is 13.5 Å². The monoisotopic (exact) mass is 225 g/mol. The van der Waals surface area contributed by atoms with E-state index in [0.29, 0.717) is 0 Å². The van der Waals surface area contributed by atoms with Gasteiger partial charge in [0.25, 0.3) is 5.91 Å². The number of hydrogen-bond donors (Lipinski definition) is 0. The van der Waals surface area contributed by atoms with Crippen LogP contribution in [0.1, 0.15) is 23.7 Å². The molecule has 0 bridgehead atoms. The Kier molecular flexibility index (Phi) is 3.99. The Hall–Kier alpha value is -1.91. The molecule has 0 heterocycles. The van der Waals surface area contributed by atoms with Gasteiger partial charge in [-0.2, -0.15) is 5.06 Å². The van der Waals surface area contributed by atoms with Gasteiger partial charge in [-0.05, 0) is 12.1 Å². The van der Waals surface area contributed by atoms with Crippen molar-refractivity contribution < 1.29 is 18.8 Å². The summed E-state index contributed by atoms with van der Waals surface area (Å²) in [5, 5.41) is 0.726. The lowest BCUT2D eigenvalue weighted by molar-refractivity contribution is -0.172. The molecule has 0 aliphatic heterocycles. The standard InChI is InChI=1S/C11H12FNO3/c1-3-10(14)16-13(2)11(15)8-6-4-5-7-9(8)12/h4-7H,3H2,1-2H3. The van der Waals surface area contributed by atoms with Gasteiger partial charge in [-0.1, -0.05) is 19.1 Å². The average Bonchev–Trinajstić information content (AvgIpc) is 2.28. The lowest BCUT2D eigenvalue weighted by Gasteiger charge is -2.15. The average molecular weight is 225 g/mol. The molecule has 1 aromatic rings. The first-order valence-electron chi connectivity index (χ1n) is 4.79. The van der Waals surface area contributed by atoms with E-state index in [4.69, 9.17) is 0 Å². The molecule has 1 rings (SSSR count). The normalized spacial score (nSPS) is 9.69. The minimum Gasteiger partial charge on any atom is -0.338 e. The van der Waals surface area contributed by atoms with Crippen LogP contribution in [0.3, 0.4) is 0 Å². The third-order valence-corrected chi connectivity index (χ3v) is 1.92. The van der Waals surface area contributed by atoms with Crippen LogP contribution in [0.4, 0.5) is 4.39 Å². The molecule has 1 aromatic carbocycles. The summed E-state index contributed by atoms with van der Waals surface area (Å²) in [4.78, 5) is 27.2. The number of hydrogen-bond acceptors (Lipinski definition) is 3. The third-order valence-electron chi connectivity index (χ3n) is 1.92. The predicted octanol–water partition coefficient (Wildman–Crippen LogP) is 1.77. The van der Waals surface area contributed by atoms with E-state index in [1.54, 1.807) is 6.92 Å². The van der Waals surface area contributed by atoms with E-state index in [9.17, 15) is 14.0 Å². The molecule has 0 aliphatic carbocycles. The van der Waals surface area contributed by atoms with Crippen molar-refractivity contribution in [3.05, 3.63) is 35.6 Å². The van der Waals surface area contributed by atoms with Crippen LogP contribution in [0, 0.1) is 5.82 Å². The van der Waals surface area contributed by atoms with Gasteiger partial charge in [0.1, 0.15) is 5.82 Å². The topological polar surface area (TPSA) is 46.6 Å².